The van der Waals surface area contributed by atoms with Gasteiger partial charge in [-0.05, 0) is 29.8 Å². The normalized spacial score (nSPS) is 20.0. The van der Waals surface area contributed by atoms with E-state index in [1.165, 1.54) is 10.9 Å². The summed E-state index contributed by atoms with van der Waals surface area (Å²) < 4.78 is 0. The van der Waals surface area contributed by atoms with Crippen molar-refractivity contribution in [2.45, 2.75) is 19.1 Å². The third-order valence-electron chi connectivity index (χ3n) is 5.73. The number of pyridine rings is 2. The molecule has 2 fully saturated rings. The first-order valence-corrected chi connectivity index (χ1v) is 9.78. The van der Waals surface area contributed by atoms with Gasteiger partial charge in [0, 0.05) is 50.5 Å². The Labute approximate surface area is 164 Å². The van der Waals surface area contributed by atoms with Crippen LogP contribution < -0.4 is 0 Å². The minimum Gasteiger partial charge on any atom is -0.317 e. The lowest BCUT2D eigenvalue weighted by atomic mass is 10.1. The molecule has 3 aromatic rings. The van der Waals surface area contributed by atoms with Crippen molar-refractivity contribution >= 4 is 16.9 Å². The van der Waals surface area contributed by atoms with E-state index in [2.05, 4.69) is 39.1 Å². The van der Waals surface area contributed by atoms with Gasteiger partial charge in [0.15, 0.2) is 0 Å². The van der Waals surface area contributed by atoms with E-state index in [9.17, 15) is 4.79 Å². The van der Waals surface area contributed by atoms with Crippen molar-refractivity contribution in [3.05, 3.63) is 72.2 Å². The fraction of sp³-hybridized carbons (Fsp3) is 0.318. The van der Waals surface area contributed by atoms with Crippen molar-refractivity contribution < 1.29 is 4.79 Å². The number of para-hydroxylation sites is 1. The summed E-state index contributed by atoms with van der Waals surface area (Å²) in [6, 6.07) is 16.6. The molecule has 1 aromatic carbocycles. The summed E-state index contributed by atoms with van der Waals surface area (Å²) in [6.07, 6.45) is 3.67. The van der Waals surface area contributed by atoms with Gasteiger partial charge in [0.2, 0.25) is 0 Å². The summed E-state index contributed by atoms with van der Waals surface area (Å²) in [5.74, 6) is 0. The summed E-state index contributed by atoms with van der Waals surface area (Å²) >= 11 is 0. The lowest BCUT2D eigenvalue weighted by Crippen LogP contribution is -2.51. The quantitative estimate of drug-likeness (QED) is 0.706. The molecule has 2 aliphatic heterocycles. The lowest BCUT2D eigenvalue weighted by Gasteiger charge is -2.36. The third-order valence-corrected chi connectivity index (χ3v) is 5.73. The minimum absolute atomic E-state index is 0.143. The van der Waals surface area contributed by atoms with E-state index in [0.29, 0.717) is 6.54 Å². The standard InChI is InChI=1S/C22H23N5O/c28-22-26(14-18-5-3-4-9-23-18)16-19-15-25(11-12-27(19)22)13-17-8-10-24-21-7-2-1-6-20(17)21/h1-10,19H,11-16H2/t19-/m1/s1. The second-order valence-corrected chi connectivity index (χ2v) is 7.55. The molecule has 0 radical (unpaired) electrons. The largest absolute Gasteiger partial charge is 0.320 e. The Bertz CT molecular complexity index is 987. The zero-order valence-electron chi connectivity index (χ0n) is 15.7. The molecule has 4 heterocycles. The molecule has 0 N–H and O–H groups in total. The van der Waals surface area contributed by atoms with Crippen LogP contribution in [0.5, 0.6) is 0 Å². The maximum absolute atomic E-state index is 12.8. The number of hydrogen-bond acceptors (Lipinski definition) is 4. The van der Waals surface area contributed by atoms with Crippen LogP contribution >= 0.6 is 0 Å². The van der Waals surface area contributed by atoms with Gasteiger partial charge in [0.1, 0.15) is 0 Å². The molecule has 2 aliphatic rings. The van der Waals surface area contributed by atoms with Crippen LogP contribution in [-0.4, -0.2) is 62.9 Å². The molecule has 1 atom stereocenters. The molecule has 0 bridgehead atoms. The zero-order chi connectivity index (χ0) is 18.9. The molecule has 6 heteroatoms. The number of aromatic nitrogens is 2. The van der Waals surface area contributed by atoms with E-state index < -0.39 is 0 Å². The Morgan fingerprint density at radius 1 is 0.893 bits per heavy atom. The van der Waals surface area contributed by atoms with Crippen LogP contribution in [0.15, 0.2) is 60.9 Å². The first-order valence-electron chi connectivity index (χ1n) is 9.78. The number of fused-ring (bicyclic) bond motifs is 2. The Morgan fingerprint density at radius 2 is 1.79 bits per heavy atom. The van der Waals surface area contributed by atoms with Crippen molar-refractivity contribution in [1.29, 1.82) is 0 Å². The predicted molar refractivity (Wildman–Crippen MR) is 108 cm³/mol. The molecule has 2 amide bonds. The summed E-state index contributed by atoms with van der Waals surface area (Å²) in [5, 5.41) is 1.21. The highest BCUT2D eigenvalue weighted by Gasteiger charge is 2.40. The van der Waals surface area contributed by atoms with Crippen molar-refractivity contribution in [3.63, 3.8) is 0 Å². The molecular weight excluding hydrogens is 350 g/mol. The Morgan fingerprint density at radius 3 is 2.68 bits per heavy atom. The number of urea groups is 1. The van der Waals surface area contributed by atoms with Crippen LogP contribution in [0.1, 0.15) is 11.3 Å². The van der Waals surface area contributed by atoms with Crippen LogP contribution in [0.3, 0.4) is 0 Å². The summed E-state index contributed by atoms with van der Waals surface area (Å²) in [6.45, 7) is 4.83. The smallest absolute Gasteiger partial charge is 0.317 e. The number of nitrogens with zero attached hydrogens (tertiary/aromatic N) is 5. The van der Waals surface area contributed by atoms with Gasteiger partial charge in [-0.15, -0.1) is 0 Å². The molecule has 5 rings (SSSR count). The molecule has 28 heavy (non-hydrogen) atoms. The molecule has 2 saturated heterocycles. The minimum atomic E-state index is 0.143. The van der Waals surface area contributed by atoms with Gasteiger partial charge < -0.3 is 9.80 Å². The highest BCUT2D eigenvalue weighted by Crippen LogP contribution is 2.24. The van der Waals surface area contributed by atoms with Gasteiger partial charge in [-0.2, -0.15) is 0 Å². The van der Waals surface area contributed by atoms with E-state index in [1.807, 2.05) is 40.3 Å². The van der Waals surface area contributed by atoms with Crippen molar-refractivity contribution in [2.75, 3.05) is 26.2 Å². The summed E-state index contributed by atoms with van der Waals surface area (Å²) in [5.41, 5.74) is 3.28. The molecule has 2 aromatic heterocycles. The number of amides is 2. The van der Waals surface area contributed by atoms with E-state index in [4.69, 9.17) is 0 Å². The van der Waals surface area contributed by atoms with Crippen LogP contribution in [0.25, 0.3) is 10.9 Å². The average molecular weight is 373 g/mol. The number of rotatable bonds is 4. The molecule has 0 aliphatic carbocycles. The van der Waals surface area contributed by atoms with E-state index in [-0.39, 0.29) is 12.1 Å². The number of hydrogen-bond donors (Lipinski definition) is 0. The van der Waals surface area contributed by atoms with Gasteiger partial charge in [0.05, 0.1) is 23.8 Å². The van der Waals surface area contributed by atoms with Gasteiger partial charge >= 0.3 is 6.03 Å². The van der Waals surface area contributed by atoms with Crippen LogP contribution in [0, 0.1) is 0 Å². The topological polar surface area (TPSA) is 52.6 Å². The number of carbonyl (C=O) groups is 1. The zero-order valence-corrected chi connectivity index (χ0v) is 15.7. The second kappa shape index (κ2) is 7.20. The predicted octanol–water partition coefficient (Wildman–Crippen LogP) is 2.75. The first kappa shape index (κ1) is 17.1. The third kappa shape index (κ3) is 3.20. The van der Waals surface area contributed by atoms with Crippen LogP contribution in [0.4, 0.5) is 4.79 Å². The van der Waals surface area contributed by atoms with E-state index in [0.717, 1.165) is 43.9 Å². The Kier molecular flexibility index (Phi) is 4.41. The highest BCUT2D eigenvalue weighted by molar-refractivity contribution is 5.81. The molecule has 6 nitrogen and oxygen atoms in total. The van der Waals surface area contributed by atoms with Crippen molar-refractivity contribution in [3.8, 4) is 0 Å². The lowest BCUT2D eigenvalue weighted by molar-refractivity contribution is 0.116. The molecule has 142 valence electrons. The van der Waals surface area contributed by atoms with Crippen LogP contribution in [0.2, 0.25) is 0 Å². The van der Waals surface area contributed by atoms with Gasteiger partial charge in [-0.25, -0.2) is 4.79 Å². The maximum Gasteiger partial charge on any atom is 0.320 e. The average Bonchev–Trinajstić information content (AvgIpc) is 3.04. The number of carbonyl (C=O) groups excluding carboxylic acids is 1. The second-order valence-electron chi connectivity index (χ2n) is 7.55. The van der Waals surface area contributed by atoms with Crippen molar-refractivity contribution in [1.82, 2.24) is 24.7 Å². The molecule has 0 saturated carbocycles. The SMILES string of the molecule is O=C1N(Cc2ccccn2)C[C@H]2CN(Cc3ccnc4ccccc34)CCN12. The Balaban J connectivity index is 1.28. The number of piperazine rings is 1. The van der Waals surface area contributed by atoms with Gasteiger partial charge in [-0.1, -0.05) is 24.3 Å². The fourth-order valence-corrected chi connectivity index (χ4v) is 4.34. The molecule has 0 unspecified atom stereocenters. The van der Waals surface area contributed by atoms with E-state index >= 15 is 0 Å². The monoisotopic (exact) mass is 373 g/mol. The first-order chi connectivity index (χ1) is 13.8. The summed E-state index contributed by atoms with van der Waals surface area (Å²) in [7, 11) is 0. The molecular formula is C22H23N5O. The summed E-state index contributed by atoms with van der Waals surface area (Å²) in [4.78, 5) is 28.0. The van der Waals surface area contributed by atoms with Gasteiger partial charge in [0.25, 0.3) is 0 Å². The number of benzene rings is 1. The van der Waals surface area contributed by atoms with E-state index in [1.54, 1.807) is 6.20 Å². The fourth-order valence-electron chi connectivity index (χ4n) is 4.34. The Hall–Kier alpha value is -2.99. The maximum atomic E-state index is 12.8. The van der Waals surface area contributed by atoms with Crippen molar-refractivity contribution in [2.24, 2.45) is 0 Å². The van der Waals surface area contributed by atoms with Gasteiger partial charge in [-0.3, -0.25) is 14.9 Å². The van der Waals surface area contributed by atoms with Crippen LogP contribution in [-0.2, 0) is 13.1 Å². The highest BCUT2D eigenvalue weighted by atomic mass is 16.2. The molecule has 0 spiro atoms.